The number of nitrogens with zero attached hydrogens (tertiary/aromatic N) is 3. The van der Waals surface area contributed by atoms with Crippen LogP contribution in [0.25, 0.3) is 11.3 Å². The second kappa shape index (κ2) is 7.25. The molecule has 1 aromatic carbocycles. The Kier molecular flexibility index (Phi) is 5.02. The molecular weight excluding hydrogens is 383 g/mol. The summed E-state index contributed by atoms with van der Waals surface area (Å²) in [6, 6.07) is 5.43. The summed E-state index contributed by atoms with van der Waals surface area (Å²) in [6.45, 7) is 1.75. The van der Waals surface area contributed by atoms with Crippen LogP contribution in [-0.4, -0.2) is 44.4 Å². The summed E-state index contributed by atoms with van der Waals surface area (Å²) < 4.78 is 38.5. The number of halogens is 3. The van der Waals surface area contributed by atoms with Gasteiger partial charge in [0.15, 0.2) is 0 Å². The Hall–Kier alpha value is -2.19. The van der Waals surface area contributed by atoms with Gasteiger partial charge in [-0.1, -0.05) is 0 Å². The van der Waals surface area contributed by atoms with Gasteiger partial charge >= 0.3 is 6.18 Å². The molecule has 0 saturated carbocycles. The predicted octanol–water partition coefficient (Wildman–Crippen LogP) is 4.08. The van der Waals surface area contributed by atoms with Gasteiger partial charge in [0.1, 0.15) is 11.9 Å². The van der Waals surface area contributed by atoms with E-state index < -0.39 is 23.6 Å². The maximum atomic E-state index is 12.8. The largest absolute Gasteiger partial charge is 0.507 e. The summed E-state index contributed by atoms with van der Waals surface area (Å²) in [5.41, 5.74) is 0.653. The molecule has 2 fully saturated rings. The van der Waals surface area contributed by atoms with Crippen molar-refractivity contribution in [3.05, 3.63) is 41.1 Å². The van der Waals surface area contributed by atoms with Crippen molar-refractivity contribution in [2.24, 2.45) is 5.92 Å². The van der Waals surface area contributed by atoms with Crippen LogP contribution in [0.5, 0.6) is 5.75 Å². The van der Waals surface area contributed by atoms with Gasteiger partial charge < -0.3 is 15.1 Å². The first kappa shape index (κ1) is 20.1. The molecule has 5 nitrogen and oxygen atoms in total. The first-order valence-corrected chi connectivity index (χ1v) is 9.81. The number of phenols is 1. The number of hydrogen-bond donors (Lipinski definition) is 2. The second-order valence-corrected chi connectivity index (χ2v) is 8.18. The van der Waals surface area contributed by atoms with E-state index in [1.54, 1.807) is 13.0 Å². The van der Waals surface area contributed by atoms with Crippen molar-refractivity contribution < 1.29 is 23.4 Å². The zero-order chi connectivity index (χ0) is 20.9. The highest BCUT2D eigenvalue weighted by molar-refractivity contribution is 5.69. The van der Waals surface area contributed by atoms with Crippen LogP contribution < -0.4 is 0 Å². The SMILES string of the molecule is Cc1cc(C(O)C2CCC3CCC2N3C)nnc1-c1ccc(C(F)(F)F)cc1O. The summed E-state index contributed by atoms with van der Waals surface area (Å²) >= 11 is 0. The van der Waals surface area contributed by atoms with Gasteiger partial charge in [0.05, 0.1) is 17.0 Å². The number of piperidine rings is 1. The highest BCUT2D eigenvalue weighted by Crippen LogP contribution is 2.43. The van der Waals surface area contributed by atoms with Crippen LogP contribution in [-0.2, 0) is 6.18 Å². The summed E-state index contributed by atoms with van der Waals surface area (Å²) in [4.78, 5) is 2.35. The number of fused-ring (bicyclic) bond motifs is 2. The Labute approximate surface area is 167 Å². The fourth-order valence-corrected chi connectivity index (χ4v) is 4.89. The van der Waals surface area contributed by atoms with Crippen LogP contribution in [0.15, 0.2) is 24.3 Å². The number of alkyl halides is 3. The van der Waals surface area contributed by atoms with Crippen LogP contribution in [0, 0.1) is 12.8 Å². The standard InChI is InChI=1S/C21H24F3N3O2/c1-11-9-16(20(29)14-7-4-13-5-8-17(14)27(13)2)25-26-19(11)15-6-3-12(10-18(15)28)21(22,23)24/h3,6,9-10,13-14,17,20,28-29H,4-5,7-8H2,1-2H3. The number of rotatable bonds is 3. The second-order valence-electron chi connectivity index (χ2n) is 8.18. The van der Waals surface area contributed by atoms with Gasteiger partial charge in [0.2, 0.25) is 0 Å². The summed E-state index contributed by atoms with van der Waals surface area (Å²) in [5, 5.41) is 29.3. The van der Waals surface area contributed by atoms with E-state index in [9.17, 15) is 23.4 Å². The van der Waals surface area contributed by atoms with Crippen LogP contribution in [0.1, 0.15) is 48.6 Å². The molecule has 156 valence electrons. The molecule has 0 aliphatic carbocycles. The normalized spacial score (nSPS) is 25.9. The molecule has 2 bridgehead atoms. The molecule has 0 amide bonds. The number of aryl methyl sites for hydroxylation is 1. The number of aromatic nitrogens is 2. The van der Waals surface area contributed by atoms with Crippen molar-refractivity contribution in [1.82, 2.24) is 15.1 Å². The fourth-order valence-electron chi connectivity index (χ4n) is 4.89. The lowest BCUT2D eigenvalue weighted by Gasteiger charge is -2.39. The summed E-state index contributed by atoms with van der Waals surface area (Å²) in [5.74, 6) is -0.422. The Morgan fingerprint density at radius 2 is 1.83 bits per heavy atom. The van der Waals surface area contributed by atoms with Gasteiger partial charge in [-0.15, -0.1) is 5.10 Å². The molecule has 1 aromatic heterocycles. The highest BCUT2D eigenvalue weighted by atomic mass is 19.4. The van der Waals surface area contributed by atoms with Gasteiger partial charge in [-0.2, -0.15) is 18.3 Å². The van der Waals surface area contributed by atoms with Crippen LogP contribution >= 0.6 is 0 Å². The summed E-state index contributed by atoms with van der Waals surface area (Å²) in [6.07, 6.45) is -1.07. The number of aromatic hydroxyl groups is 1. The van der Waals surface area contributed by atoms with E-state index in [0.29, 0.717) is 35.1 Å². The number of aliphatic hydroxyl groups is 1. The first-order valence-electron chi connectivity index (χ1n) is 9.81. The molecule has 2 aliphatic heterocycles. The van der Waals surface area contributed by atoms with Gasteiger partial charge in [-0.25, -0.2) is 0 Å². The maximum Gasteiger partial charge on any atom is 0.416 e. The molecule has 3 heterocycles. The van der Waals surface area contributed by atoms with Gasteiger partial charge in [-0.05, 0) is 69.5 Å². The Bertz CT molecular complexity index is 919. The topological polar surface area (TPSA) is 69.5 Å². The van der Waals surface area contributed by atoms with Crippen LogP contribution in [0.3, 0.4) is 0 Å². The molecule has 4 atom stereocenters. The monoisotopic (exact) mass is 407 g/mol. The minimum atomic E-state index is -4.53. The molecule has 2 aromatic rings. The minimum Gasteiger partial charge on any atom is -0.507 e. The third-order valence-electron chi connectivity index (χ3n) is 6.51. The molecule has 2 N–H and O–H groups in total. The zero-order valence-electron chi connectivity index (χ0n) is 16.3. The van der Waals surface area contributed by atoms with E-state index in [2.05, 4.69) is 22.1 Å². The average Bonchev–Trinajstić information content (AvgIpc) is 2.89. The van der Waals surface area contributed by atoms with Gasteiger partial charge in [-0.3, -0.25) is 0 Å². The molecular formula is C21H24F3N3O2. The van der Waals surface area contributed by atoms with E-state index in [1.807, 2.05) is 0 Å². The fraction of sp³-hybridized carbons (Fsp3) is 0.524. The minimum absolute atomic E-state index is 0.0813. The molecule has 2 saturated heterocycles. The highest BCUT2D eigenvalue weighted by Gasteiger charge is 2.43. The Balaban J connectivity index is 1.60. The quantitative estimate of drug-likeness (QED) is 0.802. The average molecular weight is 407 g/mol. The third-order valence-corrected chi connectivity index (χ3v) is 6.51. The smallest absolute Gasteiger partial charge is 0.416 e. The molecule has 2 aliphatic rings. The number of hydrogen-bond acceptors (Lipinski definition) is 5. The van der Waals surface area contributed by atoms with Crippen molar-refractivity contribution in [2.45, 2.75) is 57.0 Å². The van der Waals surface area contributed by atoms with Crippen molar-refractivity contribution in [2.75, 3.05) is 7.05 Å². The van der Waals surface area contributed by atoms with Gasteiger partial charge in [0.25, 0.3) is 0 Å². The molecule has 4 rings (SSSR count). The molecule has 0 spiro atoms. The Morgan fingerprint density at radius 3 is 2.48 bits per heavy atom. The van der Waals surface area contributed by atoms with Crippen LogP contribution in [0.2, 0.25) is 0 Å². The summed E-state index contributed by atoms with van der Waals surface area (Å²) in [7, 11) is 2.11. The predicted molar refractivity (Wildman–Crippen MR) is 101 cm³/mol. The lowest BCUT2D eigenvalue weighted by Crippen LogP contribution is -2.44. The van der Waals surface area contributed by atoms with E-state index in [0.717, 1.165) is 31.7 Å². The van der Waals surface area contributed by atoms with Crippen molar-refractivity contribution >= 4 is 0 Å². The van der Waals surface area contributed by atoms with E-state index >= 15 is 0 Å². The molecule has 4 unspecified atom stereocenters. The van der Waals surface area contributed by atoms with Gasteiger partial charge in [0, 0.05) is 23.6 Å². The van der Waals surface area contributed by atoms with Crippen molar-refractivity contribution in [1.29, 1.82) is 0 Å². The van der Waals surface area contributed by atoms with E-state index in [-0.39, 0.29) is 11.5 Å². The van der Waals surface area contributed by atoms with E-state index in [4.69, 9.17) is 0 Å². The maximum absolute atomic E-state index is 12.8. The Morgan fingerprint density at radius 1 is 1.10 bits per heavy atom. The number of benzene rings is 1. The lowest BCUT2D eigenvalue weighted by atomic mass is 9.84. The van der Waals surface area contributed by atoms with Crippen molar-refractivity contribution in [3.8, 4) is 17.0 Å². The van der Waals surface area contributed by atoms with Crippen LogP contribution in [0.4, 0.5) is 13.2 Å². The number of phenolic OH excluding ortho intramolecular Hbond substituents is 1. The zero-order valence-corrected chi connectivity index (χ0v) is 16.3. The number of aliphatic hydroxyl groups excluding tert-OH is 1. The molecule has 8 heteroatoms. The first-order chi connectivity index (χ1) is 13.7. The van der Waals surface area contributed by atoms with E-state index in [1.165, 1.54) is 6.07 Å². The third kappa shape index (κ3) is 3.59. The lowest BCUT2D eigenvalue weighted by molar-refractivity contribution is -0.137. The molecule has 29 heavy (non-hydrogen) atoms. The van der Waals surface area contributed by atoms with Crippen molar-refractivity contribution in [3.63, 3.8) is 0 Å². The molecule has 0 radical (unpaired) electrons.